The topological polar surface area (TPSA) is 73.3 Å². The number of fused-ring (bicyclic) bond motifs is 1. The summed E-state index contributed by atoms with van der Waals surface area (Å²) in [5.41, 5.74) is 6.31. The van der Waals surface area contributed by atoms with Crippen LogP contribution in [0.2, 0.25) is 5.02 Å². The molecule has 0 saturated heterocycles. The zero-order valence-corrected chi connectivity index (χ0v) is 10.8. The van der Waals surface area contributed by atoms with Crippen LogP contribution in [0, 0.1) is 0 Å². The molecule has 0 saturated carbocycles. The molecule has 1 unspecified atom stereocenters. The lowest BCUT2D eigenvalue weighted by atomic mass is 10.2. The minimum absolute atomic E-state index is 0.148. The number of sulfone groups is 1. The molecule has 4 nitrogen and oxygen atoms in total. The minimum Gasteiger partial charge on any atom is -0.458 e. The molecule has 0 spiro atoms. The molecule has 1 aromatic carbocycles. The molecule has 0 aliphatic carbocycles. The van der Waals surface area contributed by atoms with E-state index in [0.717, 1.165) is 11.6 Å². The Hall–Kier alpha value is -1.04. The maximum atomic E-state index is 11.1. The lowest BCUT2D eigenvalue weighted by molar-refractivity contribution is 0.508. The van der Waals surface area contributed by atoms with Gasteiger partial charge in [-0.2, -0.15) is 0 Å². The highest BCUT2D eigenvalue weighted by atomic mass is 35.5. The van der Waals surface area contributed by atoms with Crippen molar-refractivity contribution in [3.63, 3.8) is 0 Å². The predicted molar refractivity (Wildman–Crippen MR) is 67.9 cm³/mol. The van der Waals surface area contributed by atoms with E-state index in [1.807, 2.05) is 6.07 Å². The monoisotopic (exact) mass is 273 g/mol. The highest BCUT2D eigenvalue weighted by Crippen LogP contribution is 2.28. The van der Waals surface area contributed by atoms with Gasteiger partial charge in [0.2, 0.25) is 0 Å². The van der Waals surface area contributed by atoms with E-state index in [1.54, 1.807) is 18.2 Å². The van der Waals surface area contributed by atoms with Gasteiger partial charge < -0.3 is 10.2 Å². The third kappa shape index (κ3) is 2.80. The van der Waals surface area contributed by atoms with Gasteiger partial charge in [-0.25, -0.2) is 8.42 Å². The number of halogens is 1. The van der Waals surface area contributed by atoms with Crippen molar-refractivity contribution in [2.75, 3.05) is 12.0 Å². The van der Waals surface area contributed by atoms with Gasteiger partial charge in [-0.3, -0.25) is 0 Å². The molecule has 1 aromatic heterocycles. The summed E-state index contributed by atoms with van der Waals surface area (Å²) in [6, 6.07) is 6.39. The summed E-state index contributed by atoms with van der Waals surface area (Å²) in [6.07, 6.45) is 1.14. The Kier molecular flexibility index (Phi) is 3.16. The van der Waals surface area contributed by atoms with Gasteiger partial charge in [-0.1, -0.05) is 23.7 Å². The summed E-state index contributed by atoms with van der Waals surface area (Å²) < 4.78 is 27.8. The van der Waals surface area contributed by atoms with Crippen LogP contribution in [0.1, 0.15) is 11.8 Å². The van der Waals surface area contributed by atoms with Crippen molar-refractivity contribution < 1.29 is 12.8 Å². The minimum atomic E-state index is -3.14. The summed E-state index contributed by atoms with van der Waals surface area (Å²) >= 11 is 5.96. The van der Waals surface area contributed by atoms with Crippen LogP contribution in [-0.4, -0.2) is 20.4 Å². The maximum absolute atomic E-state index is 11.1. The smallest absolute Gasteiger partial charge is 0.152 e. The molecular formula is C11H12ClNO3S. The summed E-state index contributed by atoms with van der Waals surface area (Å²) in [5.74, 6) is 0.281. The molecular weight excluding hydrogens is 262 g/mol. The van der Waals surface area contributed by atoms with E-state index in [0.29, 0.717) is 16.4 Å². The number of hydrogen-bond donors (Lipinski definition) is 1. The van der Waals surface area contributed by atoms with E-state index < -0.39 is 15.9 Å². The van der Waals surface area contributed by atoms with Crippen molar-refractivity contribution >= 4 is 32.4 Å². The van der Waals surface area contributed by atoms with Gasteiger partial charge in [0, 0.05) is 11.6 Å². The third-order valence-corrected chi connectivity index (χ3v) is 3.63. The van der Waals surface area contributed by atoms with Crippen molar-refractivity contribution in [3.05, 3.63) is 35.0 Å². The Labute approximate surface area is 104 Å². The molecule has 0 aliphatic heterocycles. The first-order chi connectivity index (χ1) is 7.87. The van der Waals surface area contributed by atoms with E-state index in [4.69, 9.17) is 21.8 Å². The first kappa shape index (κ1) is 12.4. The Morgan fingerprint density at radius 2 is 2.18 bits per heavy atom. The van der Waals surface area contributed by atoms with Crippen LogP contribution < -0.4 is 5.73 Å². The fraction of sp³-hybridized carbons (Fsp3) is 0.273. The van der Waals surface area contributed by atoms with Crippen molar-refractivity contribution in [2.24, 2.45) is 5.73 Å². The number of para-hydroxylation sites is 1. The summed E-state index contributed by atoms with van der Waals surface area (Å²) in [5, 5.41) is 1.30. The number of nitrogens with two attached hydrogens (primary N) is 1. The van der Waals surface area contributed by atoms with Crippen molar-refractivity contribution in [2.45, 2.75) is 6.04 Å². The largest absolute Gasteiger partial charge is 0.458 e. The lowest BCUT2D eigenvalue weighted by Gasteiger charge is -2.05. The molecule has 0 radical (unpaired) electrons. The molecule has 1 heterocycles. The molecule has 2 N–H and O–H groups in total. The highest BCUT2D eigenvalue weighted by molar-refractivity contribution is 7.90. The Bertz CT molecular complexity index is 648. The van der Waals surface area contributed by atoms with Gasteiger partial charge in [0.15, 0.2) is 5.58 Å². The lowest BCUT2D eigenvalue weighted by Crippen LogP contribution is -2.20. The summed E-state index contributed by atoms with van der Waals surface area (Å²) in [6.45, 7) is 0. The second-order valence-corrected chi connectivity index (χ2v) is 6.60. The van der Waals surface area contributed by atoms with Crippen molar-refractivity contribution in [1.82, 2.24) is 0 Å². The number of rotatable bonds is 3. The second kappa shape index (κ2) is 4.33. The van der Waals surface area contributed by atoms with Crippen molar-refractivity contribution in [1.29, 1.82) is 0 Å². The van der Waals surface area contributed by atoms with Gasteiger partial charge in [0.1, 0.15) is 15.6 Å². The quantitative estimate of drug-likeness (QED) is 0.930. The van der Waals surface area contributed by atoms with Gasteiger partial charge in [0.05, 0.1) is 16.8 Å². The normalized spacial score (nSPS) is 14.1. The average molecular weight is 274 g/mol. The number of furan rings is 1. The fourth-order valence-corrected chi connectivity index (χ4v) is 2.68. The molecule has 2 aromatic rings. The molecule has 0 fully saturated rings. The Morgan fingerprint density at radius 1 is 1.47 bits per heavy atom. The van der Waals surface area contributed by atoms with Crippen LogP contribution in [0.25, 0.3) is 11.0 Å². The molecule has 0 aliphatic rings. The molecule has 6 heteroatoms. The Balaban J connectivity index is 2.40. The molecule has 1 atom stereocenters. The van der Waals surface area contributed by atoms with Crippen LogP contribution in [-0.2, 0) is 9.84 Å². The number of benzene rings is 1. The van der Waals surface area contributed by atoms with Crippen LogP contribution in [0.15, 0.2) is 28.7 Å². The predicted octanol–water partition coefficient (Wildman–Crippen LogP) is 2.13. The molecule has 0 amide bonds. The van der Waals surface area contributed by atoms with Crippen LogP contribution in [0.5, 0.6) is 0 Å². The zero-order chi connectivity index (χ0) is 12.6. The van der Waals surface area contributed by atoms with Gasteiger partial charge in [0.25, 0.3) is 0 Å². The molecule has 2 rings (SSSR count). The van der Waals surface area contributed by atoms with Gasteiger partial charge in [-0.05, 0) is 12.1 Å². The zero-order valence-electron chi connectivity index (χ0n) is 9.18. The summed E-state index contributed by atoms with van der Waals surface area (Å²) in [7, 11) is -3.14. The first-order valence-corrected chi connectivity index (χ1v) is 7.42. The maximum Gasteiger partial charge on any atom is 0.152 e. The van der Waals surface area contributed by atoms with E-state index in [2.05, 4.69) is 0 Å². The van der Waals surface area contributed by atoms with Crippen LogP contribution in [0.3, 0.4) is 0 Å². The van der Waals surface area contributed by atoms with Crippen LogP contribution in [0.4, 0.5) is 0 Å². The molecule has 0 bridgehead atoms. The average Bonchev–Trinajstić information content (AvgIpc) is 2.60. The SMILES string of the molecule is CS(=O)(=O)CC(N)c1cc2cccc(Cl)c2o1. The van der Waals surface area contributed by atoms with Gasteiger partial charge in [-0.15, -0.1) is 0 Å². The van der Waals surface area contributed by atoms with Crippen molar-refractivity contribution in [3.8, 4) is 0 Å². The van der Waals surface area contributed by atoms with E-state index in [1.165, 1.54) is 0 Å². The van der Waals surface area contributed by atoms with E-state index in [-0.39, 0.29) is 5.75 Å². The van der Waals surface area contributed by atoms with E-state index in [9.17, 15) is 8.42 Å². The molecule has 17 heavy (non-hydrogen) atoms. The van der Waals surface area contributed by atoms with Gasteiger partial charge >= 0.3 is 0 Å². The highest BCUT2D eigenvalue weighted by Gasteiger charge is 2.17. The van der Waals surface area contributed by atoms with E-state index >= 15 is 0 Å². The third-order valence-electron chi connectivity index (χ3n) is 2.36. The molecule has 92 valence electrons. The Morgan fingerprint density at radius 3 is 2.76 bits per heavy atom. The second-order valence-electron chi connectivity index (χ2n) is 4.01. The standard InChI is InChI=1S/C11H12ClNO3S/c1-17(14,15)6-9(13)10-5-7-3-2-4-8(12)11(7)16-10/h2-5,9H,6,13H2,1H3. The number of hydrogen-bond acceptors (Lipinski definition) is 4. The fourth-order valence-electron chi connectivity index (χ4n) is 1.64. The van der Waals surface area contributed by atoms with Crippen LogP contribution >= 0.6 is 11.6 Å². The first-order valence-electron chi connectivity index (χ1n) is 4.98. The summed E-state index contributed by atoms with van der Waals surface area (Å²) in [4.78, 5) is 0.